The first-order valence-electron chi connectivity index (χ1n) is 7.26. The topological polar surface area (TPSA) is 59.2 Å². The smallest absolute Gasteiger partial charge is 0.223 e. The second-order valence-corrected chi connectivity index (χ2v) is 5.86. The van der Waals surface area contributed by atoms with Crippen molar-refractivity contribution in [2.75, 3.05) is 6.54 Å². The minimum absolute atomic E-state index is 0.0474. The van der Waals surface area contributed by atoms with Crippen molar-refractivity contribution in [1.82, 2.24) is 15.0 Å². The lowest BCUT2D eigenvalue weighted by molar-refractivity contribution is -0.128. The van der Waals surface area contributed by atoms with E-state index < -0.39 is 0 Å². The lowest BCUT2D eigenvalue weighted by Crippen LogP contribution is -2.24. The average Bonchev–Trinajstić information content (AvgIpc) is 3.10. The molecule has 5 heteroatoms. The second kappa shape index (κ2) is 5.68. The number of benzene rings is 1. The number of nitrogens with zero attached hydrogens (tertiary/aromatic N) is 3. The van der Waals surface area contributed by atoms with E-state index in [1.807, 2.05) is 4.90 Å². The van der Waals surface area contributed by atoms with Crippen LogP contribution in [-0.4, -0.2) is 27.5 Å². The van der Waals surface area contributed by atoms with Crippen LogP contribution in [0.2, 0.25) is 0 Å². The Bertz CT molecular complexity index is 605. The highest BCUT2D eigenvalue weighted by molar-refractivity contribution is 5.79. The summed E-state index contributed by atoms with van der Waals surface area (Å²) in [6, 6.07) is 8.48. The second-order valence-electron chi connectivity index (χ2n) is 5.86. The first-order chi connectivity index (χ1) is 10.1. The van der Waals surface area contributed by atoms with Crippen LogP contribution >= 0.6 is 0 Å². The molecule has 0 spiro atoms. The van der Waals surface area contributed by atoms with Gasteiger partial charge in [0, 0.05) is 25.4 Å². The SMILES string of the molecule is CC(C)c1ccc(CN2CC(c3ncon3)CC2=O)cc1. The van der Waals surface area contributed by atoms with Crippen molar-refractivity contribution in [1.29, 1.82) is 0 Å². The molecule has 0 radical (unpaired) electrons. The molecular formula is C16H19N3O2. The molecule has 2 aromatic rings. The van der Waals surface area contributed by atoms with Gasteiger partial charge in [0.1, 0.15) is 0 Å². The Kier molecular flexibility index (Phi) is 3.73. The molecule has 1 aliphatic heterocycles. The van der Waals surface area contributed by atoms with Crippen molar-refractivity contribution in [3.63, 3.8) is 0 Å². The highest BCUT2D eigenvalue weighted by Gasteiger charge is 2.32. The minimum Gasteiger partial charge on any atom is -0.343 e. The Morgan fingerprint density at radius 2 is 2.10 bits per heavy atom. The molecule has 0 saturated carbocycles. The van der Waals surface area contributed by atoms with E-state index in [2.05, 4.69) is 48.3 Å². The van der Waals surface area contributed by atoms with Gasteiger partial charge in [-0.05, 0) is 17.0 Å². The quantitative estimate of drug-likeness (QED) is 0.866. The molecule has 5 nitrogen and oxygen atoms in total. The Balaban J connectivity index is 1.66. The van der Waals surface area contributed by atoms with Gasteiger partial charge in [-0.25, -0.2) is 0 Å². The van der Waals surface area contributed by atoms with Crippen molar-refractivity contribution in [3.05, 3.63) is 47.6 Å². The average molecular weight is 285 g/mol. The van der Waals surface area contributed by atoms with Crippen molar-refractivity contribution >= 4 is 5.91 Å². The third kappa shape index (κ3) is 2.96. The number of carbonyl (C=O) groups is 1. The molecule has 0 aliphatic carbocycles. The van der Waals surface area contributed by atoms with Crippen LogP contribution in [0.1, 0.15) is 49.1 Å². The van der Waals surface area contributed by atoms with Gasteiger partial charge in [0.15, 0.2) is 5.82 Å². The molecule has 1 aliphatic rings. The number of carbonyl (C=O) groups excluding carboxylic acids is 1. The van der Waals surface area contributed by atoms with E-state index in [-0.39, 0.29) is 11.8 Å². The number of hydrogen-bond acceptors (Lipinski definition) is 4. The summed E-state index contributed by atoms with van der Waals surface area (Å²) in [5.74, 6) is 1.35. The van der Waals surface area contributed by atoms with Crippen LogP contribution in [0.25, 0.3) is 0 Å². The van der Waals surface area contributed by atoms with E-state index in [1.165, 1.54) is 12.0 Å². The molecule has 1 atom stereocenters. The first-order valence-corrected chi connectivity index (χ1v) is 7.26. The summed E-state index contributed by atoms with van der Waals surface area (Å²) in [5.41, 5.74) is 2.47. The summed E-state index contributed by atoms with van der Waals surface area (Å²) < 4.78 is 4.76. The van der Waals surface area contributed by atoms with Crippen LogP contribution in [0.4, 0.5) is 0 Å². The monoisotopic (exact) mass is 285 g/mol. The summed E-state index contributed by atoms with van der Waals surface area (Å²) in [5, 5.41) is 3.84. The van der Waals surface area contributed by atoms with Gasteiger partial charge in [-0.1, -0.05) is 43.3 Å². The molecule has 1 saturated heterocycles. The molecule has 21 heavy (non-hydrogen) atoms. The fourth-order valence-electron chi connectivity index (χ4n) is 2.68. The minimum atomic E-state index is 0.0474. The lowest BCUT2D eigenvalue weighted by atomic mass is 10.0. The molecular weight excluding hydrogens is 266 g/mol. The highest BCUT2D eigenvalue weighted by Crippen LogP contribution is 2.27. The molecule has 2 heterocycles. The number of rotatable bonds is 4. The Morgan fingerprint density at radius 3 is 2.71 bits per heavy atom. The van der Waals surface area contributed by atoms with Gasteiger partial charge in [-0.15, -0.1) is 0 Å². The normalized spacial score (nSPS) is 18.7. The van der Waals surface area contributed by atoms with Gasteiger partial charge < -0.3 is 9.42 Å². The Morgan fingerprint density at radius 1 is 1.33 bits per heavy atom. The van der Waals surface area contributed by atoms with E-state index in [4.69, 9.17) is 4.52 Å². The van der Waals surface area contributed by atoms with Crippen molar-refractivity contribution in [3.8, 4) is 0 Å². The van der Waals surface area contributed by atoms with E-state index in [0.717, 1.165) is 5.56 Å². The Labute approximate surface area is 124 Å². The zero-order valence-electron chi connectivity index (χ0n) is 12.3. The van der Waals surface area contributed by atoms with Gasteiger partial charge in [0.25, 0.3) is 0 Å². The first kappa shape index (κ1) is 13.8. The molecule has 110 valence electrons. The van der Waals surface area contributed by atoms with Crippen molar-refractivity contribution in [2.45, 2.75) is 38.6 Å². The highest BCUT2D eigenvalue weighted by atomic mass is 16.5. The predicted molar refractivity (Wildman–Crippen MR) is 77.6 cm³/mol. The largest absolute Gasteiger partial charge is 0.343 e. The maximum atomic E-state index is 12.1. The predicted octanol–water partition coefficient (Wildman–Crippen LogP) is 2.71. The van der Waals surface area contributed by atoms with Crippen LogP contribution in [0.3, 0.4) is 0 Å². The molecule has 3 rings (SSSR count). The summed E-state index contributed by atoms with van der Waals surface area (Å²) >= 11 is 0. The molecule has 1 aromatic heterocycles. The fraction of sp³-hybridized carbons (Fsp3) is 0.438. The summed E-state index contributed by atoms with van der Waals surface area (Å²) in [6.45, 7) is 5.65. The number of likely N-dealkylation sites (tertiary alicyclic amines) is 1. The summed E-state index contributed by atoms with van der Waals surface area (Å²) in [4.78, 5) is 18.0. The molecule has 1 aromatic carbocycles. The molecule has 1 fully saturated rings. The standard InChI is InChI=1S/C16H19N3O2/c1-11(2)13-5-3-12(4-6-13)8-19-9-14(7-15(19)20)16-17-10-21-18-16/h3-6,10-11,14H,7-9H2,1-2H3. The third-order valence-electron chi connectivity index (χ3n) is 3.98. The van der Waals surface area contributed by atoms with Gasteiger partial charge in [0.2, 0.25) is 12.3 Å². The van der Waals surface area contributed by atoms with E-state index in [9.17, 15) is 4.79 Å². The van der Waals surface area contributed by atoms with Crippen LogP contribution in [0, 0.1) is 0 Å². The van der Waals surface area contributed by atoms with Gasteiger partial charge in [-0.3, -0.25) is 4.79 Å². The number of hydrogen-bond donors (Lipinski definition) is 0. The van der Waals surface area contributed by atoms with Crippen LogP contribution < -0.4 is 0 Å². The molecule has 0 N–H and O–H groups in total. The molecule has 1 unspecified atom stereocenters. The molecule has 1 amide bonds. The van der Waals surface area contributed by atoms with E-state index in [0.29, 0.717) is 31.3 Å². The van der Waals surface area contributed by atoms with Crippen molar-refractivity contribution in [2.24, 2.45) is 0 Å². The fourth-order valence-corrected chi connectivity index (χ4v) is 2.68. The third-order valence-corrected chi connectivity index (χ3v) is 3.98. The van der Waals surface area contributed by atoms with Crippen LogP contribution in [-0.2, 0) is 11.3 Å². The van der Waals surface area contributed by atoms with Crippen molar-refractivity contribution < 1.29 is 9.32 Å². The van der Waals surface area contributed by atoms with Gasteiger partial charge >= 0.3 is 0 Å². The van der Waals surface area contributed by atoms with Gasteiger partial charge in [0.05, 0.1) is 0 Å². The maximum absolute atomic E-state index is 12.1. The maximum Gasteiger partial charge on any atom is 0.223 e. The van der Waals surface area contributed by atoms with Gasteiger partial charge in [-0.2, -0.15) is 4.98 Å². The van der Waals surface area contributed by atoms with E-state index >= 15 is 0 Å². The molecule has 0 bridgehead atoms. The Hall–Kier alpha value is -2.17. The summed E-state index contributed by atoms with van der Waals surface area (Å²) in [7, 11) is 0. The number of aromatic nitrogens is 2. The number of amides is 1. The summed E-state index contributed by atoms with van der Waals surface area (Å²) in [6.07, 6.45) is 1.77. The zero-order valence-corrected chi connectivity index (χ0v) is 12.3. The van der Waals surface area contributed by atoms with Crippen LogP contribution in [0.5, 0.6) is 0 Å². The zero-order chi connectivity index (χ0) is 14.8. The lowest BCUT2D eigenvalue weighted by Gasteiger charge is -2.16. The van der Waals surface area contributed by atoms with Crippen LogP contribution in [0.15, 0.2) is 35.2 Å². The van der Waals surface area contributed by atoms with E-state index in [1.54, 1.807) is 0 Å².